The number of amides is 1. The van der Waals surface area contributed by atoms with E-state index in [1.165, 1.54) is 5.56 Å². The molecule has 0 aliphatic heterocycles. The summed E-state index contributed by atoms with van der Waals surface area (Å²) >= 11 is 3.53. The zero-order valence-corrected chi connectivity index (χ0v) is 24.9. The van der Waals surface area contributed by atoms with Gasteiger partial charge in [-0.3, -0.25) is 4.79 Å². The van der Waals surface area contributed by atoms with Gasteiger partial charge in [-0.15, -0.1) is 0 Å². The van der Waals surface area contributed by atoms with Crippen LogP contribution in [0.15, 0.2) is 113 Å². The topological polar surface area (TPSA) is 98.3 Å². The minimum Gasteiger partial charge on any atom is -0.356 e. The average molecular weight is 625 g/mol. The molecule has 0 unspecified atom stereocenters. The highest BCUT2D eigenvalue weighted by Gasteiger charge is 2.11. The fourth-order valence-electron chi connectivity index (χ4n) is 4.59. The fourth-order valence-corrected chi connectivity index (χ4v) is 4.85. The third-order valence-electron chi connectivity index (χ3n) is 6.78. The van der Waals surface area contributed by atoms with Crippen LogP contribution >= 0.6 is 15.9 Å². The van der Waals surface area contributed by atoms with E-state index in [1.54, 1.807) is 18.5 Å². The molecule has 0 atom stereocenters. The number of rotatable bonds is 12. The van der Waals surface area contributed by atoms with Crippen LogP contribution in [0.4, 0.5) is 5.82 Å². The van der Waals surface area contributed by atoms with Gasteiger partial charge in [-0.2, -0.15) is 4.99 Å². The second kappa shape index (κ2) is 14.9. The van der Waals surface area contributed by atoms with Crippen LogP contribution in [-0.2, 0) is 13.0 Å². The van der Waals surface area contributed by atoms with Gasteiger partial charge in [-0.1, -0.05) is 64.5 Å². The van der Waals surface area contributed by atoms with Crippen molar-refractivity contribution < 1.29 is 4.79 Å². The quantitative estimate of drug-likeness (QED) is 0.0879. The molecule has 42 heavy (non-hydrogen) atoms. The number of guanidine groups is 1. The Morgan fingerprint density at radius 2 is 1.64 bits per heavy atom. The largest absolute Gasteiger partial charge is 0.356 e. The Morgan fingerprint density at radius 3 is 2.43 bits per heavy atom. The number of imidazole rings is 1. The van der Waals surface area contributed by atoms with Crippen LogP contribution < -0.4 is 15.5 Å². The number of para-hydroxylation sites is 1. The molecule has 0 radical (unpaired) electrons. The highest BCUT2D eigenvalue weighted by molar-refractivity contribution is 9.10. The number of hydrogen-bond donors (Lipinski definition) is 3. The number of anilines is 1. The van der Waals surface area contributed by atoms with Crippen LogP contribution in [0.25, 0.3) is 10.9 Å². The number of nitrogens with one attached hydrogen (secondary N) is 3. The molecular formula is C33H34BrN7O. The van der Waals surface area contributed by atoms with Crippen molar-refractivity contribution in [3.63, 3.8) is 0 Å². The second-order valence-electron chi connectivity index (χ2n) is 9.91. The maximum atomic E-state index is 12.8. The molecule has 0 spiro atoms. The number of aliphatic imine (C=N–C) groups is 1. The van der Waals surface area contributed by atoms with Gasteiger partial charge in [-0.25, -0.2) is 9.97 Å². The molecular weight excluding hydrogens is 590 g/mol. The Hall–Kier alpha value is -4.50. The van der Waals surface area contributed by atoms with E-state index in [4.69, 9.17) is 4.98 Å². The molecule has 3 aromatic carbocycles. The minimum atomic E-state index is -0.282. The van der Waals surface area contributed by atoms with Gasteiger partial charge >= 0.3 is 0 Å². The molecule has 0 aliphatic rings. The monoisotopic (exact) mass is 623 g/mol. The summed E-state index contributed by atoms with van der Waals surface area (Å²) in [6.45, 7) is 2.81. The van der Waals surface area contributed by atoms with Crippen LogP contribution in [0.5, 0.6) is 0 Å². The molecule has 5 aromatic rings. The molecule has 5 rings (SSSR count). The number of aryl methyl sites for hydroxylation is 1. The standard InChI is InChI=1S/C33H34BrN7O/c34-28-16-13-25(14-17-28)23-41(31-18-15-26-8-4-5-12-30(26)39-31)21-7-20-37-33(36-19-6-11-29-22-35-24-38-29)40-32(42)27-9-2-1-3-10-27/h1-5,8-10,12-18,22,24H,6-7,11,19-21,23H2,(H,35,38)(H2,36,37,40,42). The first-order chi connectivity index (χ1) is 20.6. The smallest absolute Gasteiger partial charge is 0.280 e. The number of carbonyl (C=O) groups excluding carboxylic acids is 1. The van der Waals surface area contributed by atoms with Gasteiger partial charge in [0.1, 0.15) is 5.82 Å². The zero-order chi connectivity index (χ0) is 29.0. The molecule has 3 N–H and O–H groups in total. The van der Waals surface area contributed by atoms with E-state index in [2.05, 4.69) is 88.9 Å². The number of pyridine rings is 1. The van der Waals surface area contributed by atoms with Crippen molar-refractivity contribution >= 4 is 44.5 Å². The molecule has 9 heteroatoms. The van der Waals surface area contributed by atoms with E-state index in [1.807, 2.05) is 42.6 Å². The number of aromatic nitrogens is 3. The van der Waals surface area contributed by atoms with Gasteiger partial charge < -0.3 is 20.5 Å². The zero-order valence-electron chi connectivity index (χ0n) is 23.3. The lowest BCUT2D eigenvalue weighted by molar-refractivity contribution is 0.100. The Labute approximate surface area is 254 Å². The van der Waals surface area contributed by atoms with Gasteiger partial charge in [0, 0.05) is 47.8 Å². The van der Waals surface area contributed by atoms with Crippen LogP contribution in [0.2, 0.25) is 0 Å². The van der Waals surface area contributed by atoms with Crippen LogP contribution in [0.1, 0.15) is 34.5 Å². The number of fused-ring (bicyclic) bond motifs is 1. The van der Waals surface area contributed by atoms with E-state index in [9.17, 15) is 4.79 Å². The number of hydrogen-bond acceptors (Lipinski definition) is 4. The van der Waals surface area contributed by atoms with Crippen molar-refractivity contribution in [2.24, 2.45) is 4.99 Å². The molecule has 2 heterocycles. The van der Waals surface area contributed by atoms with E-state index in [-0.39, 0.29) is 5.91 Å². The summed E-state index contributed by atoms with van der Waals surface area (Å²) in [6.07, 6.45) is 6.10. The summed E-state index contributed by atoms with van der Waals surface area (Å²) in [5.41, 5.74) is 3.74. The highest BCUT2D eigenvalue weighted by Crippen LogP contribution is 2.21. The van der Waals surface area contributed by atoms with Crippen LogP contribution in [-0.4, -0.2) is 46.5 Å². The van der Waals surface area contributed by atoms with Crippen molar-refractivity contribution in [2.45, 2.75) is 25.8 Å². The van der Waals surface area contributed by atoms with E-state index < -0.39 is 0 Å². The maximum absolute atomic E-state index is 12.8. The summed E-state index contributed by atoms with van der Waals surface area (Å²) in [6, 6.07) is 29.9. The minimum absolute atomic E-state index is 0.282. The van der Waals surface area contributed by atoms with Crippen molar-refractivity contribution in [1.82, 2.24) is 25.6 Å². The number of aromatic amines is 1. The number of nitrogens with zero attached hydrogens (tertiary/aromatic N) is 4. The third-order valence-corrected chi connectivity index (χ3v) is 7.31. The Morgan fingerprint density at radius 1 is 0.881 bits per heavy atom. The first-order valence-corrected chi connectivity index (χ1v) is 14.9. The van der Waals surface area contributed by atoms with Gasteiger partial charge in [0.05, 0.1) is 17.5 Å². The predicted molar refractivity (Wildman–Crippen MR) is 173 cm³/mol. The highest BCUT2D eigenvalue weighted by atomic mass is 79.9. The first-order valence-electron chi connectivity index (χ1n) is 14.1. The molecule has 0 saturated carbocycles. The van der Waals surface area contributed by atoms with Crippen molar-refractivity contribution in [3.05, 3.63) is 125 Å². The van der Waals surface area contributed by atoms with Crippen LogP contribution in [0, 0.1) is 0 Å². The van der Waals surface area contributed by atoms with E-state index >= 15 is 0 Å². The summed E-state index contributed by atoms with van der Waals surface area (Å²) in [7, 11) is 0. The fraction of sp³-hybridized carbons (Fsp3) is 0.212. The second-order valence-corrected chi connectivity index (χ2v) is 10.8. The SMILES string of the molecule is O=C(N=C(NCCCc1c[nH]cn1)NCCCN(Cc1ccc(Br)cc1)c1ccc2ccccc2n1)c1ccccc1. The molecule has 0 saturated heterocycles. The predicted octanol–water partition coefficient (Wildman–Crippen LogP) is 6.13. The third kappa shape index (κ3) is 8.50. The lowest BCUT2D eigenvalue weighted by Gasteiger charge is -2.25. The summed E-state index contributed by atoms with van der Waals surface area (Å²) < 4.78 is 1.06. The first kappa shape index (κ1) is 29.0. The number of halogens is 1. The normalized spacial score (nSPS) is 11.4. The Kier molecular flexibility index (Phi) is 10.3. The molecule has 1 amide bonds. The van der Waals surface area contributed by atoms with Gasteiger partial charge in [0.2, 0.25) is 0 Å². The summed E-state index contributed by atoms with van der Waals surface area (Å²) in [4.78, 5) is 31.7. The molecule has 2 aromatic heterocycles. The van der Waals surface area contributed by atoms with E-state index in [0.717, 1.165) is 59.2 Å². The lowest BCUT2D eigenvalue weighted by Crippen LogP contribution is -2.40. The van der Waals surface area contributed by atoms with Gasteiger partial charge in [0.25, 0.3) is 5.91 Å². The number of H-pyrrole nitrogens is 1. The van der Waals surface area contributed by atoms with E-state index in [0.29, 0.717) is 24.6 Å². The summed E-state index contributed by atoms with van der Waals surface area (Å²) in [5.74, 6) is 1.13. The van der Waals surface area contributed by atoms with Crippen molar-refractivity contribution in [2.75, 3.05) is 24.5 Å². The van der Waals surface area contributed by atoms with Gasteiger partial charge in [0.15, 0.2) is 5.96 Å². The Balaban J connectivity index is 1.24. The molecule has 0 aliphatic carbocycles. The van der Waals surface area contributed by atoms with Crippen molar-refractivity contribution in [1.29, 1.82) is 0 Å². The van der Waals surface area contributed by atoms with Gasteiger partial charge in [-0.05, 0) is 67.3 Å². The number of benzene rings is 3. The lowest BCUT2D eigenvalue weighted by atomic mass is 10.2. The molecule has 0 fully saturated rings. The molecule has 0 bridgehead atoms. The number of carbonyl (C=O) groups is 1. The van der Waals surface area contributed by atoms with Crippen LogP contribution in [0.3, 0.4) is 0 Å². The van der Waals surface area contributed by atoms with Crippen molar-refractivity contribution in [3.8, 4) is 0 Å². The molecule has 214 valence electrons. The maximum Gasteiger partial charge on any atom is 0.280 e. The molecule has 8 nitrogen and oxygen atoms in total. The Bertz CT molecular complexity index is 1590. The average Bonchev–Trinajstić information content (AvgIpc) is 3.55. The summed E-state index contributed by atoms with van der Waals surface area (Å²) in [5, 5.41) is 7.80.